The standard InChI is InChI=1S/C14H13N3O2/c1-18-12(10-5-6-10)13-16-14(19-17-13)11-4-2-3-9(7-11)8-15/h2-4,7,10,12H,5-6H2,1H3. The lowest BCUT2D eigenvalue weighted by molar-refractivity contribution is 0.0751. The minimum Gasteiger partial charge on any atom is -0.373 e. The third-order valence-electron chi connectivity index (χ3n) is 3.24. The number of methoxy groups -OCH3 is 1. The lowest BCUT2D eigenvalue weighted by atomic mass is 10.1. The summed E-state index contributed by atoms with van der Waals surface area (Å²) in [6, 6.07) is 9.21. The second kappa shape index (κ2) is 4.82. The van der Waals surface area contributed by atoms with Gasteiger partial charge < -0.3 is 9.26 Å². The van der Waals surface area contributed by atoms with Gasteiger partial charge in [-0.3, -0.25) is 0 Å². The third-order valence-corrected chi connectivity index (χ3v) is 3.24. The Morgan fingerprint density at radius 2 is 2.32 bits per heavy atom. The van der Waals surface area contributed by atoms with Gasteiger partial charge in [0.25, 0.3) is 5.89 Å². The first kappa shape index (κ1) is 11.9. The van der Waals surface area contributed by atoms with Gasteiger partial charge in [-0.2, -0.15) is 10.2 Å². The van der Waals surface area contributed by atoms with E-state index in [4.69, 9.17) is 14.5 Å². The van der Waals surface area contributed by atoms with Crippen LogP contribution in [-0.2, 0) is 4.74 Å². The molecule has 1 unspecified atom stereocenters. The normalized spacial score (nSPS) is 16.0. The van der Waals surface area contributed by atoms with Gasteiger partial charge in [0.2, 0.25) is 5.82 Å². The summed E-state index contributed by atoms with van der Waals surface area (Å²) in [4.78, 5) is 4.38. The first-order chi connectivity index (χ1) is 9.31. The molecule has 0 N–H and O–H groups in total. The highest BCUT2D eigenvalue weighted by atomic mass is 16.5. The fourth-order valence-corrected chi connectivity index (χ4v) is 2.10. The van der Waals surface area contributed by atoms with E-state index >= 15 is 0 Å². The minimum atomic E-state index is -0.0864. The summed E-state index contributed by atoms with van der Waals surface area (Å²) < 4.78 is 10.7. The van der Waals surface area contributed by atoms with Gasteiger partial charge in [0.05, 0.1) is 11.6 Å². The van der Waals surface area contributed by atoms with Crippen LogP contribution in [-0.4, -0.2) is 17.3 Å². The molecule has 1 aromatic carbocycles. The van der Waals surface area contributed by atoms with Crippen molar-refractivity contribution in [3.05, 3.63) is 35.7 Å². The Morgan fingerprint density at radius 1 is 1.47 bits per heavy atom. The number of hydrogen-bond donors (Lipinski definition) is 0. The highest BCUT2D eigenvalue weighted by Crippen LogP contribution is 2.42. The molecule has 1 fully saturated rings. The van der Waals surface area contributed by atoms with Crippen LogP contribution in [0.3, 0.4) is 0 Å². The molecule has 0 aliphatic heterocycles. The molecule has 1 saturated carbocycles. The van der Waals surface area contributed by atoms with E-state index in [2.05, 4.69) is 16.2 Å². The summed E-state index contributed by atoms with van der Waals surface area (Å²) in [5, 5.41) is 12.9. The maximum absolute atomic E-state index is 8.88. The maximum Gasteiger partial charge on any atom is 0.258 e. The van der Waals surface area contributed by atoms with Crippen LogP contribution < -0.4 is 0 Å². The van der Waals surface area contributed by atoms with Crippen molar-refractivity contribution in [3.63, 3.8) is 0 Å². The summed E-state index contributed by atoms with van der Waals surface area (Å²) in [7, 11) is 1.66. The van der Waals surface area contributed by atoms with Gasteiger partial charge in [-0.15, -0.1) is 0 Å². The smallest absolute Gasteiger partial charge is 0.258 e. The predicted octanol–water partition coefficient (Wildman–Crippen LogP) is 2.71. The summed E-state index contributed by atoms with van der Waals surface area (Å²) in [6.07, 6.45) is 2.20. The van der Waals surface area contributed by atoms with E-state index in [0.717, 1.165) is 18.4 Å². The van der Waals surface area contributed by atoms with Crippen molar-refractivity contribution in [3.8, 4) is 17.5 Å². The number of nitriles is 1. The van der Waals surface area contributed by atoms with Gasteiger partial charge in [0, 0.05) is 12.7 Å². The molecular weight excluding hydrogens is 242 g/mol. The van der Waals surface area contributed by atoms with E-state index < -0.39 is 0 Å². The maximum atomic E-state index is 8.88. The average Bonchev–Trinajstić information content (AvgIpc) is 3.17. The molecule has 0 spiro atoms. The quantitative estimate of drug-likeness (QED) is 0.839. The number of aromatic nitrogens is 2. The van der Waals surface area contributed by atoms with Gasteiger partial charge in [0.15, 0.2) is 0 Å². The second-order valence-electron chi connectivity index (χ2n) is 4.64. The molecule has 0 saturated heterocycles. The lowest BCUT2D eigenvalue weighted by Crippen LogP contribution is -2.05. The number of ether oxygens (including phenoxy) is 1. The molecule has 19 heavy (non-hydrogen) atoms. The molecule has 1 atom stereocenters. The molecule has 96 valence electrons. The summed E-state index contributed by atoms with van der Waals surface area (Å²) in [5.74, 6) is 1.51. The fourth-order valence-electron chi connectivity index (χ4n) is 2.10. The molecule has 1 heterocycles. The van der Waals surface area contributed by atoms with Crippen molar-refractivity contribution in [2.24, 2.45) is 5.92 Å². The lowest BCUT2D eigenvalue weighted by Gasteiger charge is -2.08. The van der Waals surface area contributed by atoms with Gasteiger partial charge in [-0.05, 0) is 37.0 Å². The monoisotopic (exact) mass is 255 g/mol. The minimum absolute atomic E-state index is 0.0864. The molecule has 1 aliphatic rings. The van der Waals surface area contributed by atoms with Crippen LogP contribution in [0.4, 0.5) is 0 Å². The average molecular weight is 255 g/mol. The molecule has 0 radical (unpaired) electrons. The number of benzene rings is 1. The molecule has 2 aromatic rings. The third kappa shape index (κ3) is 2.35. The first-order valence-electron chi connectivity index (χ1n) is 6.18. The molecule has 0 amide bonds. The zero-order chi connectivity index (χ0) is 13.2. The van der Waals surface area contributed by atoms with Crippen LogP contribution in [0.2, 0.25) is 0 Å². The molecule has 3 rings (SSSR count). The van der Waals surface area contributed by atoms with E-state index in [1.54, 1.807) is 25.3 Å². The zero-order valence-corrected chi connectivity index (χ0v) is 10.5. The summed E-state index contributed by atoms with van der Waals surface area (Å²) in [5.41, 5.74) is 1.33. The Bertz CT molecular complexity index is 626. The van der Waals surface area contributed by atoms with Crippen LogP contribution in [0.15, 0.2) is 28.8 Å². The zero-order valence-electron chi connectivity index (χ0n) is 10.5. The Labute approximate surface area is 110 Å². The Kier molecular flexibility index (Phi) is 3.02. The van der Waals surface area contributed by atoms with Crippen LogP contribution in [0.5, 0.6) is 0 Å². The van der Waals surface area contributed by atoms with Crippen LogP contribution in [0.25, 0.3) is 11.5 Å². The topological polar surface area (TPSA) is 71.9 Å². The van der Waals surface area contributed by atoms with E-state index in [0.29, 0.717) is 23.2 Å². The van der Waals surface area contributed by atoms with Crippen molar-refractivity contribution < 1.29 is 9.26 Å². The number of nitrogens with zero attached hydrogens (tertiary/aromatic N) is 3. The molecule has 1 aromatic heterocycles. The molecule has 5 heteroatoms. The Hall–Kier alpha value is -2.19. The van der Waals surface area contributed by atoms with Crippen LogP contribution >= 0.6 is 0 Å². The van der Waals surface area contributed by atoms with Gasteiger partial charge in [-0.1, -0.05) is 11.2 Å². The van der Waals surface area contributed by atoms with Gasteiger partial charge in [-0.25, -0.2) is 0 Å². The summed E-state index contributed by atoms with van der Waals surface area (Å²) in [6.45, 7) is 0. The van der Waals surface area contributed by atoms with Crippen molar-refractivity contribution in [1.29, 1.82) is 5.26 Å². The predicted molar refractivity (Wildman–Crippen MR) is 66.9 cm³/mol. The molecule has 0 bridgehead atoms. The fraction of sp³-hybridized carbons (Fsp3) is 0.357. The second-order valence-corrected chi connectivity index (χ2v) is 4.64. The van der Waals surface area contributed by atoms with E-state index in [1.165, 1.54) is 0 Å². The van der Waals surface area contributed by atoms with Gasteiger partial charge in [0.1, 0.15) is 6.10 Å². The highest BCUT2D eigenvalue weighted by molar-refractivity contribution is 5.55. The van der Waals surface area contributed by atoms with Crippen molar-refractivity contribution >= 4 is 0 Å². The van der Waals surface area contributed by atoms with Crippen molar-refractivity contribution in [2.75, 3.05) is 7.11 Å². The van der Waals surface area contributed by atoms with Crippen LogP contribution in [0, 0.1) is 17.2 Å². The number of hydrogen-bond acceptors (Lipinski definition) is 5. The van der Waals surface area contributed by atoms with E-state index in [9.17, 15) is 0 Å². The molecule has 1 aliphatic carbocycles. The summed E-state index contributed by atoms with van der Waals surface area (Å²) >= 11 is 0. The SMILES string of the molecule is COC(c1noc(-c2cccc(C#N)c2)n1)C1CC1. The van der Waals surface area contributed by atoms with Gasteiger partial charge >= 0.3 is 0 Å². The Morgan fingerprint density at radius 3 is 3.00 bits per heavy atom. The first-order valence-corrected chi connectivity index (χ1v) is 6.18. The Balaban J connectivity index is 1.89. The van der Waals surface area contributed by atoms with Crippen LogP contribution in [0.1, 0.15) is 30.3 Å². The largest absolute Gasteiger partial charge is 0.373 e. The highest BCUT2D eigenvalue weighted by Gasteiger charge is 2.35. The van der Waals surface area contributed by atoms with Crippen molar-refractivity contribution in [2.45, 2.75) is 18.9 Å². The number of rotatable bonds is 4. The van der Waals surface area contributed by atoms with Crippen molar-refractivity contribution in [1.82, 2.24) is 10.1 Å². The van der Waals surface area contributed by atoms with E-state index in [1.807, 2.05) is 6.07 Å². The molecule has 5 nitrogen and oxygen atoms in total. The van der Waals surface area contributed by atoms with E-state index in [-0.39, 0.29) is 6.10 Å². The molecular formula is C14H13N3O2.